The number of nitrogens with zero attached hydrogens (tertiary/aromatic N) is 5. The van der Waals surface area contributed by atoms with Crippen molar-refractivity contribution in [1.82, 2.24) is 29.7 Å². The molecule has 3 aromatic rings. The lowest BCUT2D eigenvalue weighted by Crippen LogP contribution is -2.43. The SMILES string of the molecule is O=S(=O)(CC(F)(F)F)N1CCCC(c2nncc3nnc4[nH]ccc4c23)C1. The van der Waals surface area contributed by atoms with Crippen LogP contribution in [0, 0.1) is 0 Å². The molecule has 1 atom stereocenters. The van der Waals surface area contributed by atoms with Crippen LogP contribution in [-0.2, 0) is 10.0 Å². The number of nitrogens with one attached hydrogen (secondary N) is 1. The van der Waals surface area contributed by atoms with E-state index >= 15 is 0 Å². The van der Waals surface area contributed by atoms with Crippen molar-refractivity contribution in [3.8, 4) is 0 Å². The lowest BCUT2D eigenvalue weighted by molar-refractivity contribution is -0.107. The zero-order valence-corrected chi connectivity index (χ0v) is 14.8. The zero-order chi connectivity index (χ0) is 19.2. The van der Waals surface area contributed by atoms with Gasteiger partial charge in [0.25, 0.3) is 0 Å². The highest BCUT2D eigenvalue weighted by atomic mass is 32.2. The van der Waals surface area contributed by atoms with Gasteiger partial charge in [-0.25, -0.2) is 12.7 Å². The average Bonchev–Trinajstić information content (AvgIpc) is 3.08. The van der Waals surface area contributed by atoms with Crippen LogP contribution in [0.15, 0.2) is 18.5 Å². The first-order chi connectivity index (χ1) is 12.7. The van der Waals surface area contributed by atoms with Gasteiger partial charge in [-0.1, -0.05) is 0 Å². The first-order valence-corrected chi connectivity index (χ1v) is 9.85. The molecule has 8 nitrogen and oxygen atoms in total. The Morgan fingerprint density at radius 2 is 2.07 bits per heavy atom. The molecule has 0 radical (unpaired) electrons. The van der Waals surface area contributed by atoms with Crippen molar-refractivity contribution in [1.29, 1.82) is 0 Å². The van der Waals surface area contributed by atoms with Crippen molar-refractivity contribution >= 4 is 32.0 Å². The monoisotopic (exact) mass is 400 g/mol. The predicted molar refractivity (Wildman–Crippen MR) is 90.4 cm³/mol. The molecule has 0 spiro atoms. The number of sulfonamides is 1. The van der Waals surface area contributed by atoms with Crippen molar-refractivity contribution in [3.05, 3.63) is 24.2 Å². The van der Waals surface area contributed by atoms with Crippen LogP contribution in [0.5, 0.6) is 0 Å². The van der Waals surface area contributed by atoms with Crippen LogP contribution < -0.4 is 0 Å². The van der Waals surface area contributed by atoms with Gasteiger partial charge in [0.2, 0.25) is 10.0 Å². The van der Waals surface area contributed by atoms with Crippen molar-refractivity contribution in [2.24, 2.45) is 0 Å². The maximum atomic E-state index is 12.6. The molecule has 1 fully saturated rings. The molecule has 12 heteroatoms. The lowest BCUT2D eigenvalue weighted by atomic mass is 9.93. The molecule has 0 aromatic carbocycles. The van der Waals surface area contributed by atoms with Gasteiger partial charge in [-0.3, -0.25) is 0 Å². The number of rotatable bonds is 3. The molecule has 0 amide bonds. The molecule has 1 aliphatic rings. The van der Waals surface area contributed by atoms with Crippen molar-refractivity contribution < 1.29 is 21.6 Å². The number of aromatic amines is 1. The summed E-state index contributed by atoms with van der Waals surface area (Å²) in [7, 11) is -4.44. The molecule has 4 rings (SSSR count). The quantitative estimate of drug-likeness (QED) is 0.721. The van der Waals surface area contributed by atoms with Gasteiger partial charge < -0.3 is 4.98 Å². The van der Waals surface area contributed by atoms with E-state index < -0.39 is 22.0 Å². The minimum absolute atomic E-state index is 0.0620. The largest absolute Gasteiger partial charge is 0.404 e. The van der Waals surface area contributed by atoms with Crippen LogP contribution >= 0.6 is 0 Å². The van der Waals surface area contributed by atoms with E-state index in [1.807, 2.05) is 0 Å². The second-order valence-corrected chi connectivity index (χ2v) is 8.47. The fourth-order valence-electron chi connectivity index (χ4n) is 3.49. The number of alkyl halides is 3. The molecule has 4 heterocycles. The minimum Gasteiger partial charge on any atom is -0.345 e. The zero-order valence-electron chi connectivity index (χ0n) is 13.9. The van der Waals surface area contributed by atoms with Gasteiger partial charge in [-0.2, -0.15) is 23.4 Å². The Kier molecular flexibility index (Phi) is 4.26. The second-order valence-electron chi connectivity index (χ2n) is 6.50. The fourth-order valence-corrected chi connectivity index (χ4v) is 4.90. The van der Waals surface area contributed by atoms with E-state index in [1.165, 1.54) is 6.20 Å². The molecule has 27 heavy (non-hydrogen) atoms. The fraction of sp³-hybridized carbons (Fsp3) is 0.467. The van der Waals surface area contributed by atoms with E-state index in [0.29, 0.717) is 35.1 Å². The third-order valence-electron chi connectivity index (χ3n) is 4.62. The topological polar surface area (TPSA) is 105 Å². The molecule has 1 N–H and O–H groups in total. The van der Waals surface area contributed by atoms with Gasteiger partial charge in [0.15, 0.2) is 11.4 Å². The van der Waals surface area contributed by atoms with Crippen molar-refractivity contribution in [2.45, 2.75) is 24.9 Å². The number of piperidine rings is 1. The maximum Gasteiger partial charge on any atom is 0.404 e. The van der Waals surface area contributed by atoms with Crippen LogP contribution in [0.2, 0.25) is 0 Å². The number of fused-ring (bicyclic) bond motifs is 3. The van der Waals surface area contributed by atoms with E-state index in [2.05, 4.69) is 25.4 Å². The molecule has 3 aromatic heterocycles. The van der Waals surface area contributed by atoms with E-state index in [0.717, 1.165) is 9.69 Å². The van der Waals surface area contributed by atoms with E-state index in [4.69, 9.17) is 0 Å². The standard InChI is InChI=1S/C15H15F3N6O2S/c16-15(17,18)8-27(25,26)24-5-1-2-9(7-24)13-12-10-3-4-19-14(10)23-21-11(12)6-20-22-13/h3-4,6,9H,1-2,5,7-8H2,(H,19,23). The Labute approximate surface area is 151 Å². The van der Waals surface area contributed by atoms with Gasteiger partial charge in [-0.05, 0) is 18.9 Å². The summed E-state index contributed by atoms with van der Waals surface area (Å²) in [5, 5.41) is 17.7. The van der Waals surface area contributed by atoms with Gasteiger partial charge >= 0.3 is 6.18 Å². The van der Waals surface area contributed by atoms with Crippen LogP contribution in [0.4, 0.5) is 13.2 Å². The molecule has 1 unspecified atom stereocenters. The summed E-state index contributed by atoms with van der Waals surface area (Å²) >= 11 is 0. The number of hydrogen-bond acceptors (Lipinski definition) is 6. The summed E-state index contributed by atoms with van der Waals surface area (Å²) in [4.78, 5) is 2.95. The predicted octanol–water partition coefficient (Wildman–Crippen LogP) is 1.97. The van der Waals surface area contributed by atoms with Crippen LogP contribution in [0.1, 0.15) is 24.5 Å². The Hall–Kier alpha value is -2.34. The van der Waals surface area contributed by atoms with Crippen LogP contribution in [0.25, 0.3) is 21.9 Å². The number of halogens is 3. The molecule has 0 aliphatic carbocycles. The molecule has 0 bridgehead atoms. The number of hydrogen-bond donors (Lipinski definition) is 1. The molecular weight excluding hydrogens is 385 g/mol. The summed E-state index contributed by atoms with van der Waals surface area (Å²) in [6.07, 6.45) is -0.587. The van der Waals surface area contributed by atoms with Gasteiger partial charge in [-0.15, -0.1) is 10.2 Å². The smallest absolute Gasteiger partial charge is 0.345 e. The van der Waals surface area contributed by atoms with Crippen LogP contribution in [0.3, 0.4) is 0 Å². The minimum atomic E-state index is -4.78. The van der Waals surface area contributed by atoms with Gasteiger partial charge in [0, 0.05) is 36.0 Å². The Balaban J connectivity index is 1.73. The van der Waals surface area contributed by atoms with E-state index in [-0.39, 0.29) is 19.0 Å². The highest BCUT2D eigenvalue weighted by Gasteiger charge is 2.40. The first-order valence-electron chi connectivity index (χ1n) is 8.24. The van der Waals surface area contributed by atoms with Crippen molar-refractivity contribution in [2.75, 3.05) is 18.8 Å². The third-order valence-corrected chi connectivity index (χ3v) is 6.43. The summed E-state index contributed by atoms with van der Waals surface area (Å²) in [5.74, 6) is -2.23. The van der Waals surface area contributed by atoms with E-state index in [1.54, 1.807) is 12.3 Å². The lowest BCUT2D eigenvalue weighted by Gasteiger charge is -2.32. The summed E-state index contributed by atoms with van der Waals surface area (Å²) < 4.78 is 63.1. The third kappa shape index (κ3) is 3.46. The van der Waals surface area contributed by atoms with Gasteiger partial charge in [0.1, 0.15) is 5.52 Å². The number of H-pyrrole nitrogens is 1. The van der Waals surface area contributed by atoms with Crippen molar-refractivity contribution in [3.63, 3.8) is 0 Å². The summed E-state index contributed by atoms with van der Waals surface area (Å²) in [6, 6.07) is 1.80. The highest BCUT2D eigenvalue weighted by Crippen LogP contribution is 2.34. The highest BCUT2D eigenvalue weighted by molar-refractivity contribution is 7.89. The normalized spacial score (nSPS) is 19.7. The Bertz CT molecular complexity index is 1100. The van der Waals surface area contributed by atoms with Gasteiger partial charge in [0.05, 0.1) is 11.9 Å². The molecule has 1 aliphatic heterocycles. The average molecular weight is 400 g/mol. The molecule has 144 valence electrons. The van der Waals surface area contributed by atoms with E-state index in [9.17, 15) is 21.6 Å². The maximum absolute atomic E-state index is 12.6. The summed E-state index contributed by atoms with van der Waals surface area (Å²) in [6.45, 7) is -0.00702. The molecular formula is C15H15F3N6O2S. The number of aromatic nitrogens is 5. The Morgan fingerprint density at radius 3 is 2.85 bits per heavy atom. The second kappa shape index (κ2) is 6.37. The first kappa shape index (κ1) is 18.0. The molecule has 1 saturated heterocycles. The molecule has 0 saturated carbocycles. The Morgan fingerprint density at radius 1 is 1.26 bits per heavy atom. The van der Waals surface area contributed by atoms with Crippen LogP contribution in [-0.4, -0.2) is 63.1 Å². The summed E-state index contributed by atoms with van der Waals surface area (Å²) in [5.41, 5.74) is 1.58.